The Hall–Kier alpha value is -2.24. The first-order chi connectivity index (χ1) is 10.0. The van der Waals surface area contributed by atoms with Gasteiger partial charge in [-0.15, -0.1) is 0 Å². The molecule has 0 aromatic heterocycles. The van der Waals surface area contributed by atoms with Crippen LogP contribution >= 0.6 is 0 Å². The summed E-state index contributed by atoms with van der Waals surface area (Å²) in [5.74, 6) is -0.424. The van der Waals surface area contributed by atoms with Gasteiger partial charge in [-0.1, -0.05) is 6.92 Å². The number of hydrogen-bond acceptors (Lipinski definition) is 4. The maximum atomic E-state index is 12.4. The Kier molecular flexibility index (Phi) is 6.52. The quantitative estimate of drug-likeness (QED) is 0.794. The number of benzene rings is 1. The van der Waals surface area contributed by atoms with Gasteiger partial charge in [-0.05, 0) is 25.5 Å². The van der Waals surface area contributed by atoms with Gasteiger partial charge in [0, 0.05) is 12.6 Å². The van der Waals surface area contributed by atoms with E-state index < -0.39 is 5.97 Å². The van der Waals surface area contributed by atoms with Crippen molar-refractivity contribution in [1.82, 2.24) is 4.90 Å². The fourth-order valence-electron chi connectivity index (χ4n) is 1.80. The molecule has 0 aliphatic rings. The number of carboxylic acids is 1. The predicted octanol–water partition coefficient (Wildman–Crippen LogP) is 2.03. The molecular formula is C15H21NO5. The van der Waals surface area contributed by atoms with Crippen LogP contribution in [-0.4, -0.2) is 48.7 Å². The van der Waals surface area contributed by atoms with Crippen molar-refractivity contribution in [3.63, 3.8) is 0 Å². The topological polar surface area (TPSA) is 76.1 Å². The lowest BCUT2D eigenvalue weighted by Gasteiger charge is -2.20. The smallest absolute Gasteiger partial charge is 0.323 e. The summed E-state index contributed by atoms with van der Waals surface area (Å²) in [4.78, 5) is 24.5. The summed E-state index contributed by atoms with van der Waals surface area (Å²) >= 11 is 0. The number of carboxylic acid groups (broad SMARTS) is 1. The third kappa shape index (κ3) is 4.66. The number of amides is 1. The van der Waals surface area contributed by atoms with Gasteiger partial charge in [0.1, 0.15) is 18.0 Å². The standard InChI is InChI=1S/C15H21NO5/c1-4-8-21-13-9-11(20-3)6-7-12(13)15(19)16(5-2)10-14(17)18/h6-7,9H,4-5,8,10H2,1-3H3,(H,17,18). The molecule has 0 heterocycles. The number of hydrogen-bond donors (Lipinski definition) is 1. The average Bonchev–Trinajstić information content (AvgIpc) is 2.49. The molecule has 0 aliphatic carbocycles. The van der Waals surface area contributed by atoms with Crippen LogP contribution in [0, 0.1) is 0 Å². The molecule has 0 fully saturated rings. The SMILES string of the molecule is CCCOc1cc(OC)ccc1C(=O)N(CC)CC(=O)O. The Morgan fingerprint density at radius 3 is 2.52 bits per heavy atom. The first-order valence-corrected chi connectivity index (χ1v) is 6.85. The van der Waals surface area contributed by atoms with Crippen LogP contribution in [0.1, 0.15) is 30.6 Å². The minimum Gasteiger partial charge on any atom is -0.497 e. The molecule has 0 aliphatic heterocycles. The van der Waals surface area contributed by atoms with Crippen LogP contribution < -0.4 is 9.47 Å². The number of aliphatic carboxylic acids is 1. The van der Waals surface area contributed by atoms with Crippen molar-refractivity contribution in [3.8, 4) is 11.5 Å². The third-order valence-electron chi connectivity index (χ3n) is 2.88. The van der Waals surface area contributed by atoms with E-state index in [9.17, 15) is 9.59 Å². The maximum Gasteiger partial charge on any atom is 0.323 e. The van der Waals surface area contributed by atoms with E-state index in [2.05, 4.69) is 0 Å². The van der Waals surface area contributed by atoms with E-state index in [1.54, 1.807) is 25.1 Å². The lowest BCUT2D eigenvalue weighted by atomic mass is 10.1. The highest BCUT2D eigenvalue weighted by molar-refractivity contribution is 5.98. The Morgan fingerprint density at radius 1 is 1.29 bits per heavy atom. The molecular weight excluding hydrogens is 274 g/mol. The Morgan fingerprint density at radius 2 is 2.00 bits per heavy atom. The number of likely N-dealkylation sites (N-methyl/N-ethyl adjacent to an activating group) is 1. The molecule has 0 bridgehead atoms. The monoisotopic (exact) mass is 295 g/mol. The summed E-state index contributed by atoms with van der Waals surface area (Å²) in [6.07, 6.45) is 0.803. The van der Waals surface area contributed by atoms with Gasteiger partial charge >= 0.3 is 5.97 Å². The van der Waals surface area contributed by atoms with E-state index in [0.29, 0.717) is 30.2 Å². The second kappa shape index (κ2) is 8.14. The van der Waals surface area contributed by atoms with Crippen LogP contribution in [0.25, 0.3) is 0 Å². The van der Waals surface area contributed by atoms with Crippen LogP contribution in [0.5, 0.6) is 11.5 Å². The Labute approximate surface area is 124 Å². The minimum atomic E-state index is -1.05. The van der Waals surface area contributed by atoms with Gasteiger partial charge in [0.25, 0.3) is 5.91 Å². The summed E-state index contributed by atoms with van der Waals surface area (Å²) < 4.78 is 10.7. The molecule has 0 atom stereocenters. The molecule has 0 saturated heterocycles. The van der Waals surface area contributed by atoms with Crippen molar-refractivity contribution in [3.05, 3.63) is 23.8 Å². The van der Waals surface area contributed by atoms with E-state index in [4.69, 9.17) is 14.6 Å². The van der Waals surface area contributed by atoms with Gasteiger partial charge in [-0.2, -0.15) is 0 Å². The highest BCUT2D eigenvalue weighted by Gasteiger charge is 2.21. The van der Waals surface area contributed by atoms with E-state index in [-0.39, 0.29) is 12.5 Å². The van der Waals surface area contributed by atoms with Crippen LogP contribution in [-0.2, 0) is 4.79 Å². The van der Waals surface area contributed by atoms with Gasteiger partial charge in [-0.3, -0.25) is 9.59 Å². The summed E-state index contributed by atoms with van der Waals surface area (Å²) in [6.45, 7) is 4.14. The van der Waals surface area contributed by atoms with Crippen molar-refractivity contribution in [2.75, 3.05) is 26.8 Å². The predicted molar refractivity (Wildman–Crippen MR) is 78.0 cm³/mol. The molecule has 0 saturated carbocycles. The van der Waals surface area contributed by atoms with Crippen molar-refractivity contribution in [2.45, 2.75) is 20.3 Å². The summed E-state index contributed by atoms with van der Waals surface area (Å²) in [5, 5.41) is 8.86. The van der Waals surface area contributed by atoms with Gasteiger partial charge in [0.05, 0.1) is 19.3 Å². The minimum absolute atomic E-state index is 0.310. The first-order valence-electron chi connectivity index (χ1n) is 6.85. The molecule has 21 heavy (non-hydrogen) atoms. The van der Waals surface area contributed by atoms with Crippen molar-refractivity contribution in [2.24, 2.45) is 0 Å². The number of carbonyl (C=O) groups excluding carboxylic acids is 1. The molecule has 0 unspecified atom stereocenters. The number of nitrogens with zero attached hydrogens (tertiary/aromatic N) is 1. The molecule has 0 spiro atoms. The van der Waals surface area contributed by atoms with Gasteiger partial charge < -0.3 is 19.5 Å². The highest BCUT2D eigenvalue weighted by Crippen LogP contribution is 2.26. The first kappa shape index (κ1) is 16.8. The van der Waals surface area contributed by atoms with Gasteiger partial charge in [0.2, 0.25) is 0 Å². The zero-order valence-electron chi connectivity index (χ0n) is 12.6. The number of rotatable bonds is 8. The lowest BCUT2D eigenvalue weighted by molar-refractivity contribution is -0.137. The van der Waals surface area contributed by atoms with E-state index in [0.717, 1.165) is 6.42 Å². The molecule has 1 amide bonds. The number of ether oxygens (including phenoxy) is 2. The summed E-state index contributed by atoms with van der Waals surface area (Å²) in [6, 6.07) is 4.88. The number of methoxy groups -OCH3 is 1. The Balaban J connectivity index is 3.08. The third-order valence-corrected chi connectivity index (χ3v) is 2.88. The Bertz CT molecular complexity index is 501. The second-order valence-electron chi connectivity index (χ2n) is 4.42. The number of carbonyl (C=O) groups is 2. The zero-order chi connectivity index (χ0) is 15.8. The van der Waals surface area contributed by atoms with Crippen LogP contribution in [0.3, 0.4) is 0 Å². The lowest BCUT2D eigenvalue weighted by Crippen LogP contribution is -2.35. The molecule has 1 rings (SSSR count). The fraction of sp³-hybridized carbons (Fsp3) is 0.467. The maximum absolute atomic E-state index is 12.4. The molecule has 1 aromatic rings. The van der Waals surface area contributed by atoms with E-state index in [1.807, 2.05) is 6.92 Å². The second-order valence-corrected chi connectivity index (χ2v) is 4.42. The van der Waals surface area contributed by atoms with Crippen molar-refractivity contribution >= 4 is 11.9 Å². The molecule has 1 N–H and O–H groups in total. The largest absolute Gasteiger partial charge is 0.497 e. The summed E-state index contributed by atoms with van der Waals surface area (Å²) in [5.41, 5.74) is 0.340. The average molecular weight is 295 g/mol. The highest BCUT2D eigenvalue weighted by atomic mass is 16.5. The fourth-order valence-corrected chi connectivity index (χ4v) is 1.80. The van der Waals surface area contributed by atoms with Crippen LogP contribution in [0.2, 0.25) is 0 Å². The van der Waals surface area contributed by atoms with Crippen LogP contribution in [0.15, 0.2) is 18.2 Å². The van der Waals surface area contributed by atoms with Crippen molar-refractivity contribution < 1.29 is 24.2 Å². The summed E-state index contributed by atoms with van der Waals surface area (Å²) in [7, 11) is 1.53. The molecule has 6 heteroatoms. The van der Waals surface area contributed by atoms with Gasteiger partial charge in [0.15, 0.2) is 0 Å². The molecule has 1 aromatic carbocycles. The van der Waals surface area contributed by atoms with E-state index >= 15 is 0 Å². The van der Waals surface area contributed by atoms with Crippen LogP contribution in [0.4, 0.5) is 0 Å². The van der Waals surface area contributed by atoms with E-state index in [1.165, 1.54) is 12.0 Å². The molecule has 6 nitrogen and oxygen atoms in total. The van der Waals surface area contributed by atoms with Crippen molar-refractivity contribution in [1.29, 1.82) is 0 Å². The zero-order valence-corrected chi connectivity index (χ0v) is 12.6. The molecule has 116 valence electrons. The normalized spacial score (nSPS) is 10.0. The molecule has 0 radical (unpaired) electrons. The van der Waals surface area contributed by atoms with Gasteiger partial charge in [-0.25, -0.2) is 0 Å².